The van der Waals surface area contributed by atoms with E-state index in [9.17, 15) is 14.0 Å². The zero-order valence-corrected chi connectivity index (χ0v) is 14.4. The summed E-state index contributed by atoms with van der Waals surface area (Å²) in [7, 11) is 3.47. The van der Waals surface area contributed by atoms with Gasteiger partial charge in [-0.2, -0.15) is 0 Å². The van der Waals surface area contributed by atoms with Crippen LogP contribution in [0.25, 0.3) is 10.9 Å². The van der Waals surface area contributed by atoms with Crippen molar-refractivity contribution in [3.05, 3.63) is 35.8 Å². The molecular formula is C18H22FN3O2. The summed E-state index contributed by atoms with van der Waals surface area (Å²) in [4.78, 5) is 31.2. The van der Waals surface area contributed by atoms with E-state index in [-0.39, 0.29) is 30.0 Å². The van der Waals surface area contributed by atoms with Crippen LogP contribution in [0.1, 0.15) is 26.0 Å². The zero-order chi connectivity index (χ0) is 17.6. The van der Waals surface area contributed by atoms with Crippen LogP contribution in [0.2, 0.25) is 0 Å². The van der Waals surface area contributed by atoms with E-state index in [0.29, 0.717) is 6.54 Å². The second kappa shape index (κ2) is 5.61. The molecule has 0 spiro atoms. The lowest BCUT2D eigenvalue weighted by Crippen LogP contribution is -2.47. The third-order valence-electron chi connectivity index (χ3n) is 5.19. The van der Waals surface area contributed by atoms with Crippen LogP contribution in [0.4, 0.5) is 4.39 Å². The summed E-state index contributed by atoms with van der Waals surface area (Å²) in [5.74, 6) is -0.705. The van der Waals surface area contributed by atoms with Crippen molar-refractivity contribution in [1.82, 2.24) is 14.8 Å². The number of H-pyrrole nitrogens is 1. The van der Waals surface area contributed by atoms with Crippen molar-refractivity contribution in [2.75, 3.05) is 14.1 Å². The number of benzene rings is 1. The topological polar surface area (TPSA) is 56.4 Å². The van der Waals surface area contributed by atoms with Gasteiger partial charge in [-0.25, -0.2) is 4.39 Å². The maximum Gasteiger partial charge on any atom is 0.228 e. The third-order valence-corrected chi connectivity index (χ3v) is 5.19. The maximum absolute atomic E-state index is 13.3. The van der Waals surface area contributed by atoms with Gasteiger partial charge in [-0.3, -0.25) is 9.59 Å². The molecule has 2 heterocycles. The fourth-order valence-corrected chi connectivity index (χ4v) is 3.35. The number of carbonyl (C=O) groups is 2. The first kappa shape index (κ1) is 16.5. The summed E-state index contributed by atoms with van der Waals surface area (Å²) in [6, 6.07) is 6.40. The van der Waals surface area contributed by atoms with Gasteiger partial charge in [0.1, 0.15) is 5.82 Å². The summed E-state index contributed by atoms with van der Waals surface area (Å²) in [6.07, 6.45) is 0.241. The number of nitrogens with zero attached hydrogens (tertiary/aromatic N) is 2. The molecule has 6 heteroatoms. The normalized spacial score (nSPS) is 20.0. The van der Waals surface area contributed by atoms with Gasteiger partial charge in [-0.05, 0) is 38.1 Å². The predicted octanol–water partition coefficient (Wildman–Crippen LogP) is 2.52. The van der Waals surface area contributed by atoms with Gasteiger partial charge < -0.3 is 14.8 Å². The molecule has 0 unspecified atom stereocenters. The summed E-state index contributed by atoms with van der Waals surface area (Å²) in [5.41, 5.74) is 1.18. The van der Waals surface area contributed by atoms with Crippen molar-refractivity contribution in [3.8, 4) is 0 Å². The number of amides is 2. The number of fused-ring (bicyclic) bond motifs is 1. The molecule has 1 fully saturated rings. The van der Waals surface area contributed by atoms with Gasteiger partial charge >= 0.3 is 0 Å². The monoisotopic (exact) mass is 331 g/mol. The largest absolute Gasteiger partial charge is 0.357 e. The van der Waals surface area contributed by atoms with Crippen LogP contribution in [-0.2, 0) is 16.1 Å². The van der Waals surface area contributed by atoms with Gasteiger partial charge in [-0.15, -0.1) is 0 Å². The maximum atomic E-state index is 13.3. The first-order chi connectivity index (χ1) is 11.2. The summed E-state index contributed by atoms with van der Waals surface area (Å²) in [6.45, 7) is 4.22. The number of aromatic amines is 1. The highest BCUT2D eigenvalue weighted by atomic mass is 19.1. The standard InChI is InChI=1S/C18H22FN3O2/c1-18(2)14(9-16(23)22(18)4)17(24)21(3)10-13-8-11-7-12(19)5-6-15(11)20-13/h5-8,14,20H,9-10H2,1-4H3/t14-/m0/s1. The Balaban J connectivity index is 1.77. The van der Waals surface area contributed by atoms with E-state index in [1.54, 1.807) is 30.0 Å². The van der Waals surface area contributed by atoms with Crippen molar-refractivity contribution in [2.24, 2.45) is 5.92 Å². The minimum absolute atomic E-state index is 0.00663. The number of hydrogen-bond donors (Lipinski definition) is 1. The number of halogens is 1. The van der Waals surface area contributed by atoms with Gasteiger partial charge in [0, 0.05) is 42.7 Å². The highest BCUT2D eigenvalue weighted by Crippen LogP contribution is 2.35. The van der Waals surface area contributed by atoms with Crippen molar-refractivity contribution >= 4 is 22.7 Å². The SMILES string of the molecule is CN(Cc1cc2cc(F)ccc2[nH]1)C(=O)[C@@H]1CC(=O)N(C)C1(C)C. The van der Waals surface area contributed by atoms with Gasteiger partial charge in [0.15, 0.2) is 0 Å². The van der Waals surface area contributed by atoms with Crippen LogP contribution < -0.4 is 0 Å². The number of likely N-dealkylation sites (tertiary alicyclic amines) is 1. The lowest BCUT2D eigenvalue weighted by atomic mass is 9.87. The Hall–Kier alpha value is -2.37. The van der Waals surface area contributed by atoms with E-state index in [1.165, 1.54) is 12.1 Å². The molecule has 1 aromatic carbocycles. The van der Waals surface area contributed by atoms with E-state index in [0.717, 1.165) is 16.6 Å². The van der Waals surface area contributed by atoms with E-state index >= 15 is 0 Å². The molecule has 1 aromatic heterocycles. The molecule has 1 atom stereocenters. The first-order valence-corrected chi connectivity index (χ1v) is 7.99. The zero-order valence-electron chi connectivity index (χ0n) is 14.4. The average Bonchev–Trinajstić information content (AvgIpc) is 2.99. The molecule has 1 aliphatic heterocycles. The minimum Gasteiger partial charge on any atom is -0.357 e. The van der Waals surface area contributed by atoms with Crippen LogP contribution in [0.5, 0.6) is 0 Å². The average molecular weight is 331 g/mol. The lowest BCUT2D eigenvalue weighted by Gasteiger charge is -2.34. The van der Waals surface area contributed by atoms with Crippen LogP contribution in [-0.4, -0.2) is 46.2 Å². The van der Waals surface area contributed by atoms with Gasteiger partial charge in [0.25, 0.3) is 0 Å². The van der Waals surface area contributed by atoms with Crippen LogP contribution >= 0.6 is 0 Å². The van der Waals surface area contributed by atoms with Gasteiger partial charge in [0.2, 0.25) is 11.8 Å². The number of nitrogens with one attached hydrogen (secondary N) is 1. The van der Waals surface area contributed by atoms with Crippen molar-refractivity contribution < 1.29 is 14.0 Å². The molecule has 0 radical (unpaired) electrons. The number of aromatic nitrogens is 1. The molecule has 0 aliphatic carbocycles. The second-order valence-corrected chi connectivity index (χ2v) is 7.08. The Morgan fingerprint density at radius 1 is 1.42 bits per heavy atom. The molecule has 24 heavy (non-hydrogen) atoms. The van der Waals surface area contributed by atoms with Gasteiger partial charge in [-0.1, -0.05) is 0 Å². The molecule has 0 bridgehead atoms. The molecule has 1 saturated heterocycles. The molecule has 3 rings (SSSR count). The summed E-state index contributed by atoms with van der Waals surface area (Å²) in [5, 5.41) is 0.780. The number of hydrogen-bond acceptors (Lipinski definition) is 2. The Morgan fingerprint density at radius 3 is 2.75 bits per heavy atom. The molecule has 5 nitrogen and oxygen atoms in total. The van der Waals surface area contributed by atoms with Crippen LogP contribution in [0.15, 0.2) is 24.3 Å². The molecule has 0 saturated carbocycles. The third kappa shape index (κ3) is 2.66. The minimum atomic E-state index is -0.494. The van der Waals surface area contributed by atoms with Crippen molar-refractivity contribution in [2.45, 2.75) is 32.4 Å². The van der Waals surface area contributed by atoms with E-state index in [1.807, 2.05) is 19.9 Å². The molecule has 1 aliphatic rings. The second-order valence-electron chi connectivity index (χ2n) is 7.08. The van der Waals surface area contributed by atoms with Crippen molar-refractivity contribution in [1.29, 1.82) is 0 Å². The fraction of sp³-hybridized carbons (Fsp3) is 0.444. The molecule has 128 valence electrons. The molecular weight excluding hydrogens is 309 g/mol. The Bertz CT molecular complexity index is 812. The quantitative estimate of drug-likeness (QED) is 0.939. The summed E-state index contributed by atoms with van der Waals surface area (Å²) < 4.78 is 13.3. The lowest BCUT2D eigenvalue weighted by molar-refractivity contribution is -0.137. The predicted molar refractivity (Wildman–Crippen MR) is 89.7 cm³/mol. The Kier molecular flexibility index (Phi) is 3.86. The molecule has 2 aromatic rings. The fourth-order valence-electron chi connectivity index (χ4n) is 3.35. The van der Waals surface area contributed by atoms with E-state index in [4.69, 9.17) is 0 Å². The van der Waals surface area contributed by atoms with Crippen LogP contribution in [0.3, 0.4) is 0 Å². The van der Waals surface area contributed by atoms with Crippen molar-refractivity contribution in [3.63, 3.8) is 0 Å². The highest BCUT2D eigenvalue weighted by molar-refractivity contribution is 5.91. The van der Waals surface area contributed by atoms with Crippen LogP contribution in [0, 0.1) is 11.7 Å². The van der Waals surface area contributed by atoms with E-state index < -0.39 is 5.54 Å². The number of carbonyl (C=O) groups excluding carboxylic acids is 2. The smallest absolute Gasteiger partial charge is 0.228 e. The Morgan fingerprint density at radius 2 is 2.12 bits per heavy atom. The van der Waals surface area contributed by atoms with Gasteiger partial charge in [0.05, 0.1) is 12.5 Å². The summed E-state index contributed by atoms with van der Waals surface area (Å²) >= 11 is 0. The first-order valence-electron chi connectivity index (χ1n) is 7.99. The van der Waals surface area contributed by atoms with E-state index in [2.05, 4.69) is 4.98 Å². The number of rotatable bonds is 3. The molecule has 1 N–H and O–H groups in total. The molecule has 2 amide bonds. The Labute approximate surface area is 140 Å². The highest BCUT2D eigenvalue weighted by Gasteiger charge is 2.48.